The zero-order valence-corrected chi connectivity index (χ0v) is 12.5. The van der Waals surface area contributed by atoms with Gasteiger partial charge in [-0.3, -0.25) is 10.00 Å². The van der Waals surface area contributed by atoms with E-state index in [4.69, 9.17) is 4.74 Å². The fourth-order valence-corrected chi connectivity index (χ4v) is 2.48. The second kappa shape index (κ2) is 5.76. The summed E-state index contributed by atoms with van der Waals surface area (Å²) in [7, 11) is 0. The Balaban J connectivity index is 1.64. The quantitative estimate of drug-likeness (QED) is 0.917. The van der Waals surface area contributed by atoms with E-state index >= 15 is 0 Å². The molecule has 0 aliphatic heterocycles. The van der Waals surface area contributed by atoms with Crippen LogP contribution in [0.2, 0.25) is 0 Å². The van der Waals surface area contributed by atoms with Crippen LogP contribution >= 0.6 is 0 Å². The number of anilines is 1. The minimum atomic E-state index is -0.448. The predicted octanol–water partition coefficient (Wildman–Crippen LogP) is 3.77. The first-order valence-corrected chi connectivity index (χ1v) is 7.54. The molecular weight excluding hydrogens is 266 g/mol. The Morgan fingerprint density at radius 3 is 2.86 bits per heavy atom. The molecule has 1 aromatic heterocycles. The van der Waals surface area contributed by atoms with Gasteiger partial charge in [0.2, 0.25) is 0 Å². The molecule has 1 N–H and O–H groups in total. The van der Waals surface area contributed by atoms with Gasteiger partial charge in [-0.15, -0.1) is 0 Å². The molecule has 2 aliphatic rings. The molecule has 5 nitrogen and oxygen atoms in total. The van der Waals surface area contributed by atoms with Gasteiger partial charge < -0.3 is 4.74 Å². The highest BCUT2D eigenvalue weighted by molar-refractivity contribution is 5.83. The molecule has 1 unspecified atom stereocenters. The van der Waals surface area contributed by atoms with E-state index in [2.05, 4.69) is 24.3 Å². The summed E-state index contributed by atoms with van der Waals surface area (Å²) in [6.45, 7) is 4.19. The van der Waals surface area contributed by atoms with Crippen molar-refractivity contribution in [1.29, 1.82) is 0 Å². The van der Waals surface area contributed by atoms with Crippen LogP contribution in [0.15, 0.2) is 30.4 Å². The smallest absolute Gasteiger partial charge is 0.413 e. The maximum absolute atomic E-state index is 11.9. The minimum absolute atomic E-state index is 0.190. The highest BCUT2D eigenvalue weighted by atomic mass is 16.6. The van der Waals surface area contributed by atoms with Crippen LogP contribution in [0.5, 0.6) is 0 Å². The van der Waals surface area contributed by atoms with E-state index < -0.39 is 6.09 Å². The number of rotatable bonds is 4. The van der Waals surface area contributed by atoms with Gasteiger partial charge in [-0.25, -0.2) is 4.79 Å². The van der Waals surface area contributed by atoms with Gasteiger partial charge >= 0.3 is 6.09 Å². The summed E-state index contributed by atoms with van der Waals surface area (Å²) in [5, 5.41) is 7.21. The van der Waals surface area contributed by atoms with Crippen LogP contribution in [-0.2, 0) is 4.74 Å². The summed E-state index contributed by atoms with van der Waals surface area (Å²) in [6.07, 6.45) is 10.2. The van der Waals surface area contributed by atoms with E-state index in [-0.39, 0.29) is 6.10 Å². The van der Waals surface area contributed by atoms with Crippen molar-refractivity contribution in [2.45, 2.75) is 51.2 Å². The van der Waals surface area contributed by atoms with Crippen LogP contribution in [0.4, 0.5) is 10.6 Å². The number of carbonyl (C=O) groups excluding carboxylic acids is 1. The number of carbonyl (C=O) groups is 1. The molecule has 3 rings (SSSR count). The molecule has 112 valence electrons. The molecule has 0 radical (unpaired) electrons. The van der Waals surface area contributed by atoms with Gasteiger partial charge in [0.05, 0.1) is 0 Å². The van der Waals surface area contributed by atoms with Gasteiger partial charge in [-0.05, 0) is 32.8 Å². The molecule has 2 aliphatic carbocycles. The number of hydrogen-bond acceptors (Lipinski definition) is 3. The third kappa shape index (κ3) is 3.35. The maximum Gasteiger partial charge on any atom is 0.413 e. The first kappa shape index (κ1) is 13.9. The normalized spacial score (nSPS) is 20.8. The average Bonchev–Trinajstić information content (AvgIpc) is 3.21. The van der Waals surface area contributed by atoms with Crippen molar-refractivity contribution in [3.8, 4) is 0 Å². The lowest BCUT2D eigenvalue weighted by Crippen LogP contribution is -2.21. The molecule has 1 amide bonds. The molecule has 0 bridgehead atoms. The lowest BCUT2D eigenvalue weighted by Gasteiger charge is -2.14. The lowest BCUT2D eigenvalue weighted by atomic mass is 10.1. The van der Waals surface area contributed by atoms with Crippen molar-refractivity contribution in [3.63, 3.8) is 0 Å². The largest absolute Gasteiger partial charge is 0.441 e. The highest BCUT2D eigenvalue weighted by Crippen LogP contribution is 2.41. The maximum atomic E-state index is 11.9. The molecular formula is C16H21N3O2. The molecule has 1 heterocycles. The Labute approximate surface area is 124 Å². The number of amides is 1. The van der Waals surface area contributed by atoms with Gasteiger partial charge in [0.15, 0.2) is 5.82 Å². The molecule has 5 heteroatoms. The summed E-state index contributed by atoms with van der Waals surface area (Å²) >= 11 is 0. The number of hydrogen-bond donors (Lipinski definition) is 1. The number of nitrogens with one attached hydrogen (secondary N) is 1. The van der Waals surface area contributed by atoms with Gasteiger partial charge in [-0.1, -0.05) is 18.2 Å². The molecule has 1 saturated carbocycles. The first-order chi connectivity index (χ1) is 10.1. The second-order valence-electron chi connectivity index (χ2n) is 5.88. The minimum Gasteiger partial charge on any atom is -0.441 e. The highest BCUT2D eigenvalue weighted by Gasteiger charge is 2.29. The fourth-order valence-electron chi connectivity index (χ4n) is 2.48. The summed E-state index contributed by atoms with van der Waals surface area (Å²) in [5.41, 5.74) is 1.21. The van der Waals surface area contributed by atoms with E-state index in [0.29, 0.717) is 17.8 Å². The van der Waals surface area contributed by atoms with E-state index in [1.807, 2.05) is 35.1 Å². The van der Waals surface area contributed by atoms with Gasteiger partial charge in [0.1, 0.15) is 6.10 Å². The molecule has 0 spiro atoms. The standard InChI is InChI=1S/C16H21N3O2/c1-11(2)19-14(12-8-9-12)10-15(18-19)17-16(20)21-13-6-4-3-5-7-13/h3-6,10-13H,7-9H2,1-2H3,(H,17,18,20). The van der Waals surface area contributed by atoms with Crippen molar-refractivity contribution in [2.75, 3.05) is 5.32 Å². The summed E-state index contributed by atoms with van der Waals surface area (Å²) in [4.78, 5) is 11.9. The van der Waals surface area contributed by atoms with Gasteiger partial charge in [0.25, 0.3) is 0 Å². The van der Waals surface area contributed by atoms with E-state index in [1.54, 1.807) is 0 Å². The Kier molecular flexibility index (Phi) is 3.82. The zero-order chi connectivity index (χ0) is 14.8. The second-order valence-corrected chi connectivity index (χ2v) is 5.88. The van der Waals surface area contributed by atoms with Crippen LogP contribution in [0, 0.1) is 0 Å². The SMILES string of the molecule is CC(C)n1nc(NC(=O)OC2C=CC=CC2)cc1C1CC1. The van der Waals surface area contributed by atoms with Crippen LogP contribution in [-0.4, -0.2) is 22.0 Å². The van der Waals surface area contributed by atoms with Crippen molar-refractivity contribution >= 4 is 11.9 Å². The van der Waals surface area contributed by atoms with Crippen LogP contribution in [0.3, 0.4) is 0 Å². The summed E-state index contributed by atoms with van der Waals surface area (Å²) in [5.74, 6) is 1.17. The summed E-state index contributed by atoms with van der Waals surface area (Å²) < 4.78 is 7.34. The molecule has 1 fully saturated rings. The molecule has 0 aromatic carbocycles. The van der Waals surface area contributed by atoms with Crippen molar-refractivity contribution in [2.24, 2.45) is 0 Å². The monoisotopic (exact) mass is 287 g/mol. The van der Waals surface area contributed by atoms with Crippen molar-refractivity contribution in [3.05, 3.63) is 36.1 Å². The van der Waals surface area contributed by atoms with Gasteiger partial charge in [0, 0.05) is 30.1 Å². The fraction of sp³-hybridized carbons (Fsp3) is 0.500. The Bertz CT molecular complexity index is 563. The van der Waals surface area contributed by atoms with Crippen molar-refractivity contribution < 1.29 is 9.53 Å². The van der Waals surface area contributed by atoms with Crippen LogP contribution < -0.4 is 5.32 Å². The Morgan fingerprint density at radius 2 is 2.24 bits per heavy atom. The Morgan fingerprint density at radius 1 is 1.43 bits per heavy atom. The number of aromatic nitrogens is 2. The number of nitrogens with zero attached hydrogens (tertiary/aromatic N) is 2. The third-order valence-corrected chi connectivity index (χ3v) is 3.68. The molecule has 21 heavy (non-hydrogen) atoms. The average molecular weight is 287 g/mol. The van der Waals surface area contributed by atoms with Crippen LogP contribution in [0.1, 0.15) is 50.8 Å². The third-order valence-electron chi connectivity index (χ3n) is 3.68. The van der Waals surface area contributed by atoms with Crippen molar-refractivity contribution in [1.82, 2.24) is 9.78 Å². The Hall–Kier alpha value is -2.04. The van der Waals surface area contributed by atoms with E-state index in [9.17, 15) is 4.79 Å². The van der Waals surface area contributed by atoms with E-state index in [1.165, 1.54) is 18.5 Å². The predicted molar refractivity (Wildman–Crippen MR) is 81.4 cm³/mol. The topological polar surface area (TPSA) is 56.2 Å². The molecule has 1 aromatic rings. The molecule has 1 atom stereocenters. The van der Waals surface area contributed by atoms with Crippen LogP contribution in [0.25, 0.3) is 0 Å². The zero-order valence-electron chi connectivity index (χ0n) is 12.5. The van der Waals surface area contributed by atoms with E-state index in [0.717, 1.165) is 6.42 Å². The van der Waals surface area contributed by atoms with Gasteiger partial charge in [-0.2, -0.15) is 5.10 Å². The first-order valence-electron chi connectivity index (χ1n) is 7.54. The summed E-state index contributed by atoms with van der Waals surface area (Å²) in [6, 6.07) is 2.26. The molecule has 0 saturated heterocycles. The number of allylic oxidation sites excluding steroid dienone is 2. The lowest BCUT2D eigenvalue weighted by molar-refractivity contribution is 0.134. The number of ether oxygens (including phenoxy) is 1.